The summed E-state index contributed by atoms with van der Waals surface area (Å²) in [7, 11) is 0. The van der Waals surface area contributed by atoms with Crippen LogP contribution in [0.1, 0.15) is 24.7 Å². The Morgan fingerprint density at radius 1 is 0.969 bits per heavy atom. The number of halogens is 1. The van der Waals surface area contributed by atoms with Crippen LogP contribution in [0.2, 0.25) is 0 Å². The predicted molar refractivity (Wildman–Crippen MR) is 137 cm³/mol. The lowest BCUT2D eigenvalue weighted by Crippen LogP contribution is -2.27. The summed E-state index contributed by atoms with van der Waals surface area (Å²) in [5, 5.41) is 0.550. The summed E-state index contributed by atoms with van der Waals surface area (Å²) < 4.78 is 2.55. The maximum Gasteiger partial charge on any atom is 0.266 e. The molecule has 0 atom stereocenters. The van der Waals surface area contributed by atoms with Gasteiger partial charge in [-0.25, -0.2) is 4.98 Å². The van der Waals surface area contributed by atoms with Crippen molar-refractivity contribution in [2.24, 2.45) is 0 Å². The van der Waals surface area contributed by atoms with Crippen LogP contribution in [0.4, 0.5) is 5.69 Å². The smallest absolute Gasteiger partial charge is 0.266 e. The second-order valence-corrected chi connectivity index (χ2v) is 8.89. The summed E-state index contributed by atoms with van der Waals surface area (Å²) in [5.74, 6) is 0.371. The predicted octanol–water partition coefficient (Wildman–Crippen LogP) is 5.29. The molecule has 6 heteroatoms. The van der Waals surface area contributed by atoms with Crippen molar-refractivity contribution in [1.82, 2.24) is 9.55 Å². The summed E-state index contributed by atoms with van der Waals surface area (Å²) in [6.07, 6.45) is 2.61. The van der Waals surface area contributed by atoms with E-state index in [9.17, 15) is 9.59 Å². The lowest BCUT2D eigenvalue weighted by Gasteiger charge is -2.15. The lowest BCUT2D eigenvalue weighted by molar-refractivity contribution is -0.113. The molecule has 5 rings (SSSR count). The minimum atomic E-state index is -0.157. The van der Waals surface area contributed by atoms with Gasteiger partial charge in [0.15, 0.2) is 0 Å². The van der Waals surface area contributed by atoms with Crippen LogP contribution in [0.25, 0.3) is 28.2 Å². The molecule has 0 unspecified atom stereocenters. The molecule has 1 amide bonds. The highest BCUT2D eigenvalue weighted by Gasteiger charge is 2.31. The topological polar surface area (TPSA) is 55.2 Å². The average molecular weight is 533 g/mol. The zero-order valence-electron chi connectivity index (χ0n) is 17.5. The van der Waals surface area contributed by atoms with Gasteiger partial charge in [-0.15, -0.1) is 0 Å². The first-order valence-corrected chi connectivity index (χ1v) is 11.6. The van der Waals surface area contributed by atoms with Crippen molar-refractivity contribution in [3.05, 3.63) is 98.1 Å². The van der Waals surface area contributed by atoms with E-state index in [1.807, 2.05) is 72.8 Å². The molecule has 0 radical (unpaired) electrons. The van der Waals surface area contributed by atoms with E-state index in [0.717, 1.165) is 21.2 Å². The Labute approximate surface area is 199 Å². The van der Waals surface area contributed by atoms with Gasteiger partial charge in [0.1, 0.15) is 5.82 Å². The van der Waals surface area contributed by atoms with E-state index in [1.54, 1.807) is 15.5 Å². The highest BCUT2D eigenvalue weighted by molar-refractivity contribution is 14.1. The third-order valence-electron chi connectivity index (χ3n) is 5.55. The van der Waals surface area contributed by atoms with Crippen molar-refractivity contribution in [2.45, 2.75) is 13.3 Å². The van der Waals surface area contributed by atoms with Crippen LogP contribution in [0.5, 0.6) is 0 Å². The number of para-hydroxylation sites is 2. The Hall–Kier alpha value is -3.26. The van der Waals surface area contributed by atoms with Gasteiger partial charge in [0.2, 0.25) is 0 Å². The average Bonchev–Trinajstić information content (AvgIpc) is 3.07. The summed E-state index contributed by atoms with van der Waals surface area (Å²) in [6, 6.07) is 22.8. The van der Waals surface area contributed by atoms with Gasteiger partial charge in [0.05, 0.1) is 27.9 Å². The van der Waals surface area contributed by atoms with Crippen LogP contribution in [0, 0.1) is 3.57 Å². The first-order chi connectivity index (χ1) is 15.6. The molecule has 0 aliphatic carbocycles. The molecular formula is C26H20IN3O2. The van der Waals surface area contributed by atoms with Gasteiger partial charge in [-0.3, -0.25) is 14.2 Å². The van der Waals surface area contributed by atoms with Gasteiger partial charge in [0, 0.05) is 15.7 Å². The van der Waals surface area contributed by atoms with Gasteiger partial charge in [-0.1, -0.05) is 43.3 Å². The van der Waals surface area contributed by atoms with Crippen molar-refractivity contribution in [2.75, 3.05) is 11.4 Å². The Bertz CT molecular complexity index is 1440. The zero-order valence-corrected chi connectivity index (χ0v) is 19.6. The highest BCUT2D eigenvalue weighted by atomic mass is 127. The van der Waals surface area contributed by atoms with E-state index in [2.05, 4.69) is 29.5 Å². The van der Waals surface area contributed by atoms with Gasteiger partial charge in [0.25, 0.3) is 11.5 Å². The first kappa shape index (κ1) is 20.6. The summed E-state index contributed by atoms with van der Waals surface area (Å²) in [4.78, 5) is 33.5. The van der Waals surface area contributed by atoms with Crippen LogP contribution in [0.3, 0.4) is 0 Å². The highest BCUT2D eigenvalue weighted by Crippen LogP contribution is 2.37. The van der Waals surface area contributed by atoms with Crippen LogP contribution >= 0.6 is 22.6 Å². The van der Waals surface area contributed by atoms with Crippen LogP contribution < -0.4 is 10.5 Å². The molecule has 158 valence electrons. The number of carbonyl (C=O) groups is 1. The van der Waals surface area contributed by atoms with E-state index in [0.29, 0.717) is 34.5 Å². The molecule has 3 aromatic carbocycles. The Morgan fingerprint density at radius 3 is 2.50 bits per heavy atom. The van der Waals surface area contributed by atoms with Gasteiger partial charge >= 0.3 is 0 Å². The van der Waals surface area contributed by atoms with E-state index < -0.39 is 0 Å². The number of hydrogen-bond acceptors (Lipinski definition) is 3. The van der Waals surface area contributed by atoms with Crippen molar-refractivity contribution in [3.63, 3.8) is 0 Å². The SMILES string of the molecule is CCCN1C(=O)/C(=C\c2nc3ccc(I)cc3c(=O)n2-c2ccccc2)c2ccccc21. The lowest BCUT2D eigenvalue weighted by atomic mass is 10.1. The van der Waals surface area contributed by atoms with E-state index in [1.165, 1.54) is 0 Å². The van der Waals surface area contributed by atoms with Gasteiger partial charge in [-0.05, 0) is 71.5 Å². The van der Waals surface area contributed by atoms with Crippen LogP contribution in [-0.4, -0.2) is 22.0 Å². The molecule has 5 nitrogen and oxygen atoms in total. The molecule has 0 N–H and O–H groups in total. The van der Waals surface area contributed by atoms with Crippen molar-refractivity contribution < 1.29 is 4.79 Å². The van der Waals surface area contributed by atoms with E-state index in [4.69, 9.17) is 4.98 Å². The van der Waals surface area contributed by atoms with Crippen molar-refractivity contribution in [1.29, 1.82) is 0 Å². The number of carbonyl (C=O) groups excluding carboxylic acids is 1. The second kappa shape index (κ2) is 8.35. The summed E-state index contributed by atoms with van der Waals surface area (Å²) in [5.41, 5.74) is 3.48. The maximum absolute atomic E-state index is 13.6. The van der Waals surface area contributed by atoms with E-state index >= 15 is 0 Å². The van der Waals surface area contributed by atoms with Gasteiger partial charge in [-0.2, -0.15) is 0 Å². The fourth-order valence-electron chi connectivity index (χ4n) is 4.12. The largest absolute Gasteiger partial charge is 0.308 e. The molecule has 1 aliphatic rings. The number of fused-ring (bicyclic) bond motifs is 2. The molecule has 0 saturated heterocycles. The summed E-state index contributed by atoms with van der Waals surface area (Å²) >= 11 is 2.19. The fraction of sp³-hybridized carbons (Fsp3) is 0.115. The molecule has 32 heavy (non-hydrogen) atoms. The minimum absolute atomic E-state index is 0.0652. The fourth-order valence-corrected chi connectivity index (χ4v) is 4.61. The molecule has 1 aliphatic heterocycles. The molecule has 0 saturated carbocycles. The van der Waals surface area contributed by atoms with Crippen molar-refractivity contribution in [3.8, 4) is 5.69 Å². The van der Waals surface area contributed by atoms with E-state index in [-0.39, 0.29) is 11.5 Å². The monoisotopic (exact) mass is 533 g/mol. The number of aromatic nitrogens is 2. The standard InChI is InChI=1S/C26H20IN3O2/c1-2-14-29-23-11-7-6-10-19(23)20(25(29)31)16-24-28-22-13-12-17(27)15-21(22)26(32)30(24)18-8-4-3-5-9-18/h3-13,15-16H,2,14H2,1H3/b20-16-. The van der Waals surface area contributed by atoms with Crippen LogP contribution in [-0.2, 0) is 4.79 Å². The number of rotatable bonds is 4. The number of nitrogens with zero attached hydrogens (tertiary/aromatic N) is 3. The quantitative estimate of drug-likeness (QED) is 0.265. The Balaban J connectivity index is 1.80. The summed E-state index contributed by atoms with van der Waals surface area (Å²) in [6.45, 7) is 2.69. The van der Waals surface area contributed by atoms with Crippen LogP contribution in [0.15, 0.2) is 77.6 Å². The molecular weight excluding hydrogens is 513 g/mol. The molecule has 4 aromatic rings. The Morgan fingerprint density at radius 2 is 1.72 bits per heavy atom. The molecule has 0 bridgehead atoms. The Kier molecular flexibility index (Phi) is 5.38. The maximum atomic E-state index is 13.6. The molecule has 1 aromatic heterocycles. The minimum Gasteiger partial charge on any atom is -0.308 e. The van der Waals surface area contributed by atoms with Gasteiger partial charge < -0.3 is 4.90 Å². The third kappa shape index (κ3) is 3.44. The number of anilines is 1. The number of benzene rings is 3. The molecule has 0 fully saturated rings. The molecule has 2 heterocycles. The number of hydrogen-bond donors (Lipinski definition) is 0. The first-order valence-electron chi connectivity index (χ1n) is 10.5. The third-order valence-corrected chi connectivity index (χ3v) is 6.22. The second-order valence-electron chi connectivity index (χ2n) is 7.64. The normalized spacial score (nSPS) is 14.4. The number of amides is 1. The molecule has 0 spiro atoms. The van der Waals surface area contributed by atoms with Crippen molar-refractivity contribution >= 4 is 56.7 Å². The zero-order chi connectivity index (χ0) is 22.2.